The molecule has 1 heteroatoms. The van der Waals surface area contributed by atoms with Gasteiger partial charge in [-0.1, -0.05) is 226 Å². The average Bonchev–Trinajstić information content (AvgIpc) is 3.69. The fourth-order valence-corrected chi connectivity index (χ4v) is 11.9. The van der Waals surface area contributed by atoms with E-state index in [9.17, 15) is 0 Å². The van der Waals surface area contributed by atoms with Gasteiger partial charge < -0.3 is 4.90 Å². The molecular weight excluding hydrogens is 867 g/mol. The molecule has 0 saturated carbocycles. The fourth-order valence-electron chi connectivity index (χ4n) is 11.9. The molecule has 72 heavy (non-hydrogen) atoms. The number of fused-ring (bicyclic) bond motifs is 6. The molecule has 0 atom stereocenters. The predicted octanol–water partition coefficient (Wildman–Crippen LogP) is 20.3. The van der Waals surface area contributed by atoms with Gasteiger partial charge in [0.1, 0.15) is 0 Å². The van der Waals surface area contributed by atoms with Crippen molar-refractivity contribution in [3.8, 4) is 55.6 Å². The molecule has 0 bridgehead atoms. The maximum atomic E-state index is 2.54. The normalized spacial score (nSPS) is 14.7. The first-order valence-corrected chi connectivity index (χ1v) is 26.5. The lowest BCUT2D eigenvalue weighted by molar-refractivity contribution is 0.584. The van der Waals surface area contributed by atoms with Crippen LogP contribution in [-0.4, -0.2) is 0 Å². The van der Waals surface area contributed by atoms with Crippen LogP contribution < -0.4 is 4.90 Å². The Hall–Kier alpha value is -6.44. The van der Waals surface area contributed by atoms with Crippen LogP contribution in [0.5, 0.6) is 0 Å². The molecule has 0 radical (unpaired) electrons. The van der Waals surface area contributed by atoms with Gasteiger partial charge in [-0.2, -0.15) is 0 Å². The van der Waals surface area contributed by atoms with E-state index in [0.29, 0.717) is 0 Å². The Morgan fingerprint density at radius 2 is 0.611 bits per heavy atom. The molecule has 0 aliphatic heterocycles. The molecule has 2 aliphatic rings. The van der Waals surface area contributed by atoms with Crippen molar-refractivity contribution in [3.63, 3.8) is 0 Å². The molecule has 0 spiro atoms. The molecule has 0 aromatic heterocycles. The van der Waals surface area contributed by atoms with E-state index in [1.807, 2.05) is 0 Å². The summed E-state index contributed by atoms with van der Waals surface area (Å²) in [6, 6.07) is 61.5. The quantitative estimate of drug-likeness (QED) is 0.161. The first-order valence-electron chi connectivity index (χ1n) is 26.5. The number of hydrogen-bond donors (Lipinski definition) is 0. The van der Waals surface area contributed by atoms with Crippen LogP contribution in [0.15, 0.2) is 158 Å². The first-order chi connectivity index (χ1) is 33.6. The van der Waals surface area contributed by atoms with Crippen LogP contribution >= 0.6 is 0 Å². The van der Waals surface area contributed by atoms with Crippen LogP contribution in [0.3, 0.4) is 0 Å². The summed E-state index contributed by atoms with van der Waals surface area (Å²) in [5, 5.41) is 0. The minimum Gasteiger partial charge on any atom is -0.310 e. The minimum atomic E-state index is -0.208. The summed E-state index contributed by atoms with van der Waals surface area (Å²) in [6.45, 7) is 39.9. The second-order valence-electron chi connectivity index (χ2n) is 26.5. The van der Waals surface area contributed by atoms with Gasteiger partial charge in [-0.15, -0.1) is 0 Å². The van der Waals surface area contributed by atoms with E-state index < -0.39 is 0 Å². The van der Waals surface area contributed by atoms with Crippen molar-refractivity contribution in [2.45, 2.75) is 150 Å². The van der Waals surface area contributed by atoms with Crippen molar-refractivity contribution >= 4 is 17.1 Å². The highest BCUT2D eigenvalue weighted by Gasteiger charge is 2.39. The van der Waals surface area contributed by atoms with Gasteiger partial charge in [0.25, 0.3) is 0 Å². The van der Waals surface area contributed by atoms with Gasteiger partial charge in [-0.3, -0.25) is 0 Å². The molecule has 0 saturated heterocycles. The van der Waals surface area contributed by atoms with Crippen LogP contribution in [0.1, 0.15) is 161 Å². The van der Waals surface area contributed by atoms with E-state index in [2.05, 4.69) is 280 Å². The highest BCUT2D eigenvalue weighted by Crippen LogP contribution is 2.55. The Labute approximate surface area is 433 Å². The van der Waals surface area contributed by atoms with Crippen LogP contribution in [0.4, 0.5) is 17.1 Å². The Morgan fingerprint density at radius 3 is 0.986 bits per heavy atom. The van der Waals surface area contributed by atoms with Gasteiger partial charge in [-0.05, 0) is 177 Å². The topological polar surface area (TPSA) is 3.24 Å². The molecule has 0 N–H and O–H groups in total. The van der Waals surface area contributed by atoms with E-state index in [0.717, 1.165) is 17.1 Å². The number of anilines is 3. The molecular formula is C71H77N. The monoisotopic (exact) mass is 944 g/mol. The summed E-state index contributed by atoms with van der Waals surface area (Å²) >= 11 is 0. The zero-order valence-electron chi connectivity index (χ0n) is 46.5. The van der Waals surface area contributed by atoms with E-state index in [-0.39, 0.29) is 32.5 Å². The maximum absolute atomic E-state index is 2.54. The molecule has 0 heterocycles. The van der Waals surface area contributed by atoms with E-state index >= 15 is 0 Å². The summed E-state index contributed by atoms with van der Waals surface area (Å²) < 4.78 is 0. The van der Waals surface area contributed by atoms with Gasteiger partial charge >= 0.3 is 0 Å². The maximum Gasteiger partial charge on any atom is 0.0474 e. The van der Waals surface area contributed by atoms with Crippen LogP contribution in [-0.2, 0) is 32.5 Å². The number of aryl methyl sites for hydroxylation is 1. The van der Waals surface area contributed by atoms with Crippen molar-refractivity contribution in [2.75, 3.05) is 4.90 Å². The molecule has 0 unspecified atom stereocenters. The molecule has 10 rings (SSSR count). The van der Waals surface area contributed by atoms with Gasteiger partial charge in [0.15, 0.2) is 0 Å². The molecule has 8 aromatic carbocycles. The molecule has 0 amide bonds. The summed E-state index contributed by atoms with van der Waals surface area (Å²) in [5.41, 5.74) is 28.3. The Balaban J connectivity index is 1.21. The highest BCUT2D eigenvalue weighted by molar-refractivity contribution is 5.93. The Kier molecular flexibility index (Phi) is 11.5. The summed E-state index contributed by atoms with van der Waals surface area (Å²) in [5.74, 6) is 0. The van der Waals surface area contributed by atoms with E-state index in [1.165, 1.54) is 106 Å². The summed E-state index contributed by atoms with van der Waals surface area (Å²) in [4.78, 5) is 2.48. The number of hydrogen-bond acceptors (Lipinski definition) is 1. The number of benzene rings is 8. The van der Waals surface area contributed by atoms with E-state index in [4.69, 9.17) is 0 Å². The molecule has 1 nitrogen and oxygen atoms in total. The second-order valence-corrected chi connectivity index (χ2v) is 26.5. The standard InChI is InChI=1S/C71H77N/c1-44-18-30-52(31-19-44)72(53-32-22-46(23-33-53)45-20-26-49(27-21-45)66(2,3)4)54-42-59(47-24-34-55-57-36-28-50(67(5,6)7)40-63(57)70(14,15)61(55)38-47)65(69(11,12)13)60(43-54)48-25-35-56-58-37-29-51(68(8,9)10)41-64(58)71(16,17)62(56)39-48/h18-43H,1-17H3. The SMILES string of the molecule is Cc1ccc(N(c2ccc(-c3ccc(C(C)(C)C)cc3)cc2)c2cc(-c3ccc4c(c3)C(C)(C)c3cc(C(C)(C)C)ccc3-4)c(C(C)(C)C)c(-c3ccc4c(c3)C(C)(C)c3cc(C(C)(C)C)ccc3-4)c2)cc1. The third kappa shape index (κ3) is 8.45. The van der Waals surface area contributed by atoms with Crippen LogP contribution in [0.25, 0.3) is 55.6 Å². The largest absolute Gasteiger partial charge is 0.310 e. The average molecular weight is 944 g/mol. The molecule has 8 aromatic rings. The van der Waals surface area contributed by atoms with Crippen molar-refractivity contribution < 1.29 is 0 Å². The van der Waals surface area contributed by atoms with Crippen molar-refractivity contribution in [3.05, 3.63) is 208 Å². The second kappa shape index (κ2) is 16.8. The highest BCUT2D eigenvalue weighted by atomic mass is 15.1. The van der Waals surface area contributed by atoms with Crippen molar-refractivity contribution in [1.82, 2.24) is 0 Å². The van der Waals surface area contributed by atoms with Gasteiger partial charge in [0.2, 0.25) is 0 Å². The van der Waals surface area contributed by atoms with Crippen LogP contribution in [0, 0.1) is 6.92 Å². The molecule has 2 aliphatic carbocycles. The van der Waals surface area contributed by atoms with Gasteiger partial charge in [0.05, 0.1) is 0 Å². The molecule has 366 valence electrons. The smallest absolute Gasteiger partial charge is 0.0474 e. The van der Waals surface area contributed by atoms with Crippen molar-refractivity contribution in [2.24, 2.45) is 0 Å². The number of rotatable bonds is 6. The van der Waals surface area contributed by atoms with Crippen molar-refractivity contribution in [1.29, 1.82) is 0 Å². The van der Waals surface area contributed by atoms with Gasteiger partial charge in [0, 0.05) is 27.9 Å². The fraction of sp³-hybridized carbons (Fsp3) is 0.324. The predicted molar refractivity (Wildman–Crippen MR) is 312 cm³/mol. The van der Waals surface area contributed by atoms with E-state index in [1.54, 1.807) is 0 Å². The number of nitrogens with zero attached hydrogens (tertiary/aromatic N) is 1. The lowest BCUT2D eigenvalue weighted by atomic mass is 9.75. The Bertz CT molecular complexity index is 3250. The minimum absolute atomic E-state index is 0.0652. The third-order valence-electron chi connectivity index (χ3n) is 16.3. The zero-order valence-corrected chi connectivity index (χ0v) is 46.5. The lowest BCUT2D eigenvalue weighted by Gasteiger charge is -2.32. The summed E-state index contributed by atoms with van der Waals surface area (Å²) in [6.07, 6.45) is 0. The Morgan fingerprint density at radius 1 is 0.292 bits per heavy atom. The zero-order chi connectivity index (χ0) is 51.7. The van der Waals surface area contributed by atoms with Crippen LogP contribution in [0.2, 0.25) is 0 Å². The lowest BCUT2D eigenvalue weighted by Crippen LogP contribution is -2.19. The third-order valence-corrected chi connectivity index (χ3v) is 16.3. The summed E-state index contributed by atoms with van der Waals surface area (Å²) in [7, 11) is 0. The molecule has 0 fully saturated rings. The van der Waals surface area contributed by atoms with Gasteiger partial charge in [-0.25, -0.2) is 0 Å². The first kappa shape index (κ1) is 49.2.